The van der Waals surface area contributed by atoms with Gasteiger partial charge in [0.25, 0.3) is 0 Å². The van der Waals surface area contributed by atoms with Crippen LogP contribution < -0.4 is 21.7 Å². The molecule has 1 saturated heterocycles. The molecule has 1 rings (SSSR count). The molecular formula is C32H62N8O9. The van der Waals surface area contributed by atoms with Gasteiger partial charge in [-0.05, 0) is 38.1 Å². The van der Waals surface area contributed by atoms with Crippen LogP contribution in [0, 0.1) is 5.92 Å². The van der Waals surface area contributed by atoms with Gasteiger partial charge in [0.1, 0.15) is 6.04 Å². The van der Waals surface area contributed by atoms with E-state index in [2.05, 4.69) is 29.8 Å². The number of nitrogens with two attached hydrogens (primary N) is 1. The largest absolute Gasteiger partial charge is 0.480 e. The summed E-state index contributed by atoms with van der Waals surface area (Å²) in [5.74, 6) is -2.48. The van der Waals surface area contributed by atoms with Gasteiger partial charge in [-0.1, -0.05) is 33.6 Å². The number of unbranched alkanes of at least 4 members (excludes halogenated alkanes) is 1. The van der Waals surface area contributed by atoms with Crippen LogP contribution in [0.1, 0.15) is 59.3 Å². The van der Waals surface area contributed by atoms with E-state index >= 15 is 0 Å². The number of carboxylic acids is 3. The second-order valence-electron chi connectivity index (χ2n) is 12.6. The fourth-order valence-corrected chi connectivity index (χ4v) is 5.01. The van der Waals surface area contributed by atoms with Crippen LogP contribution in [0.3, 0.4) is 0 Å². The molecule has 1 aliphatic heterocycles. The Kier molecular flexibility index (Phi) is 26.5. The van der Waals surface area contributed by atoms with E-state index in [9.17, 15) is 39.0 Å². The number of carboxylic acid groups (broad SMARTS) is 3. The van der Waals surface area contributed by atoms with Crippen molar-refractivity contribution < 1.29 is 44.1 Å². The van der Waals surface area contributed by atoms with E-state index in [0.29, 0.717) is 90.7 Å². The molecule has 0 aromatic rings. The quantitative estimate of drug-likeness (QED) is 0.0548. The number of nitrogens with zero attached hydrogens (tertiary/aromatic N) is 4. The lowest BCUT2D eigenvalue weighted by molar-refractivity contribution is -0.140. The number of amides is 3. The molecule has 0 spiro atoms. The van der Waals surface area contributed by atoms with Gasteiger partial charge in [-0.3, -0.25) is 48.4 Å². The normalized spacial score (nSPS) is 16.3. The van der Waals surface area contributed by atoms with E-state index in [4.69, 9.17) is 10.8 Å². The number of hydrogen-bond donors (Lipinski definition) is 7. The van der Waals surface area contributed by atoms with Gasteiger partial charge in [0, 0.05) is 65.4 Å². The minimum absolute atomic E-state index is 0.111. The second-order valence-corrected chi connectivity index (χ2v) is 12.6. The number of carbonyl (C=O) groups excluding carboxylic acids is 3. The lowest BCUT2D eigenvalue weighted by Gasteiger charge is -2.32. The summed E-state index contributed by atoms with van der Waals surface area (Å²) in [5.41, 5.74) is 5.39. The molecule has 1 aliphatic rings. The smallest absolute Gasteiger partial charge is 0.317 e. The van der Waals surface area contributed by atoms with Crippen LogP contribution >= 0.6 is 0 Å². The summed E-state index contributed by atoms with van der Waals surface area (Å²) in [6, 6.07) is -0.448. The molecule has 17 heteroatoms. The second kappa shape index (κ2) is 28.5. The van der Waals surface area contributed by atoms with Crippen molar-refractivity contribution in [2.24, 2.45) is 11.7 Å². The third-order valence-corrected chi connectivity index (χ3v) is 7.74. The zero-order chi connectivity index (χ0) is 37.0. The van der Waals surface area contributed by atoms with Crippen molar-refractivity contribution in [2.45, 2.75) is 65.3 Å². The van der Waals surface area contributed by atoms with Crippen LogP contribution in [0.15, 0.2) is 0 Å². The molecule has 0 bridgehead atoms. The predicted octanol–water partition coefficient (Wildman–Crippen LogP) is -1.23. The van der Waals surface area contributed by atoms with Crippen LogP contribution in [0.5, 0.6) is 0 Å². The lowest BCUT2D eigenvalue weighted by Crippen LogP contribution is -2.49. The van der Waals surface area contributed by atoms with Gasteiger partial charge < -0.3 is 37.0 Å². The first-order valence-corrected chi connectivity index (χ1v) is 17.3. The Balaban J connectivity index is 0.00000109. The van der Waals surface area contributed by atoms with Gasteiger partial charge in [-0.25, -0.2) is 0 Å². The van der Waals surface area contributed by atoms with Crippen molar-refractivity contribution in [3.63, 3.8) is 0 Å². The maximum absolute atomic E-state index is 12.2. The molecule has 1 fully saturated rings. The number of rotatable bonds is 21. The van der Waals surface area contributed by atoms with Gasteiger partial charge >= 0.3 is 17.9 Å². The van der Waals surface area contributed by atoms with Gasteiger partial charge in [-0.2, -0.15) is 0 Å². The maximum atomic E-state index is 12.2. The van der Waals surface area contributed by atoms with Crippen LogP contribution in [0.25, 0.3) is 0 Å². The molecule has 17 nitrogen and oxygen atoms in total. The number of carbonyl (C=O) groups is 6. The van der Waals surface area contributed by atoms with Gasteiger partial charge in [0.15, 0.2) is 0 Å². The SMILES string of the molecule is CC(C)CCCCNC(=O)C(CCCN)NC=O.CCCNC(=O)CN1CCN(CC(=O)O)CCN(CC(=O)O)CCN(CC(=O)O)CC1. The van der Waals surface area contributed by atoms with Crippen molar-refractivity contribution in [3.05, 3.63) is 0 Å². The average Bonchev–Trinajstić information content (AvgIpc) is 3.02. The van der Waals surface area contributed by atoms with Crippen molar-refractivity contribution in [1.29, 1.82) is 0 Å². The summed E-state index contributed by atoms with van der Waals surface area (Å²) in [6.07, 6.45) is 5.98. The maximum Gasteiger partial charge on any atom is 0.317 e. The van der Waals surface area contributed by atoms with E-state index in [1.54, 1.807) is 14.7 Å². The molecule has 0 saturated carbocycles. The Hall–Kier alpha value is -3.38. The molecule has 1 unspecified atom stereocenters. The standard InChI is InChI=1S/C19H35N5O7.C13H27N3O2/c1-2-3-20-16(25)12-21-4-6-22(13-17(26)27)8-10-24(15-19(30)31)11-9-23(7-5-21)14-18(28)29;1-11(2)6-3-4-9-15-13(18)12(16-10-17)7-5-8-14/h2-15H2,1H3,(H,20,25)(H,26,27)(H,28,29)(H,30,31);10-12H,3-9,14H2,1-2H3,(H,15,18)(H,16,17). The summed E-state index contributed by atoms with van der Waals surface area (Å²) < 4.78 is 0. The third-order valence-electron chi connectivity index (χ3n) is 7.74. The molecule has 0 radical (unpaired) electrons. The lowest BCUT2D eigenvalue weighted by atomic mass is 10.1. The van der Waals surface area contributed by atoms with E-state index in [-0.39, 0.29) is 38.0 Å². The fraction of sp³-hybridized carbons (Fsp3) is 0.812. The summed E-state index contributed by atoms with van der Waals surface area (Å²) >= 11 is 0. The Bertz CT molecular complexity index is 941. The molecule has 3 amide bonds. The van der Waals surface area contributed by atoms with Crippen molar-refractivity contribution in [3.8, 4) is 0 Å². The van der Waals surface area contributed by atoms with Crippen LogP contribution in [0.2, 0.25) is 0 Å². The minimum Gasteiger partial charge on any atom is -0.480 e. The topological polar surface area (TPSA) is 238 Å². The molecule has 1 atom stereocenters. The minimum atomic E-state index is -0.995. The van der Waals surface area contributed by atoms with Crippen molar-refractivity contribution in [2.75, 3.05) is 98.2 Å². The number of nitrogens with one attached hydrogen (secondary N) is 3. The molecule has 8 N–H and O–H groups in total. The first-order valence-electron chi connectivity index (χ1n) is 17.3. The number of hydrogen-bond acceptors (Lipinski definition) is 11. The Labute approximate surface area is 290 Å². The molecule has 1 heterocycles. The molecular weight excluding hydrogens is 640 g/mol. The van der Waals surface area contributed by atoms with Crippen LogP contribution in [-0.4, -0.2) is 175 Å². The summed E-state index contributed by atoms with van der Waals surface area (Å²) in [7, 11) is 0. The summed E-state index contributed by atoms with van der Waals surface area (Å²) in [6.45, 7) is 10.8. The van der Waals surface area contributed by atoms with E-state index < -0.39 is 23.9 Å². The molecule has 0 aliphatic carbocycles. The highest BCUT2D eigenvalue weighted by atomic mass is 16.4. The zero-order valence-corrected chi connectivity index (χ0v) is 29.7. The molecule has 284 valence electrons. The Morgan fingerprint density at radius 3 is 1.49 bits per heavy atom. The Morgan fingerprint density at radius 1 is 0.673 bits per heavy atom. The third kappa shape index (κ3) is 26.2. The van der Waals surface area contributed by atoms with Gasteiger partial charge in [0.2, 0.25) is 18.2 Å². The highest BCUT2D eigenvalue weighted by molar-refractivity contribution is 5.83. The van der Waals surface area contributed by atoms with E-state index in [0.717, 1.165) is 25.7 Å². The highest BCUT2D eigenvalue weighted by Crippen LogP contribution is 2.05. The highest BCUT2D eigenvalue weighted by Gasteiger charge is 2.21. The fourth-order valence-electron chi connectivity index (χ4n) is 5.01. The predicted molar refractivity (Wildman–Crippen MR) is 185 cm³/mol. The van der Waals surface area contributed by atoms with Crippen molar-refractivity contribution >= 4 is 36.1 Å². The van der Waals surface area contributed by atoms with Crippen LogP contribution in [0.4, 0.5) is 0 Å². The first kappa shape index (κ1) is 45.6. The van der Waals surface area contributed by atoms with Crippen LogP contribution in [-0.2, 0) is 28.8 Å². The zero-order valence-electron chi connectivity index (χ0n) is 29.7. The van der Waals surface area contributed by atoms with E-state index in [1.807, 2.05) is 11.8 Å². The van der Waals surface area contributed by atoms with Gasteiger partial charge in [-0.15, -0.1) is 0 Å². The van der Waals surface area contributed by atoms with Gasteiger partial charge in [0.05, 0.1) is 26.2 Å². The summed E-state index contributed by atoms with van der Waals surface area (Å²) in [4.78, 5) is 75.0. The van der Waals surface area contributed by atoms with Crippen molar-refractivity contribution in [1.82, 2.24) is 35.6 Å². The molecule has 49 heavy (non-hydrogen) atoms. The molecule has 0 aromatic carbocycles. The average molecular weight is 703 g/mol. The van der Waals surface area contributed by atoms with E-state index in [1.165, 1.54) is 6.42 Å². The summed E-state index contributed by atoms with van der Waals surface area (Å²) in [5, 5.41) is 35.8. The Morgan fingerprint density at radius 2 is 1.12 bits per heavy atom. The molecule has 0 aromatic heterocycles. The first-order chi connectivity index (χ1) is 23.3. The number of aliphatic carboxylic acids is 3. The monoisotopic (exact) mass is 702 g/mol.